The van der Waals surface area contributed by atoms with Crippen molar-refractivity contribution in [2.75, 3.05) is 18.6 Å². The number of barbiturate groups is 1. The Hall–Kier alpha value is -5.19. The predicted molar refractivity (Wildman–Crippen MR) is 139 cm³/mol. The molecule has 0 unspecified atom stereocenters. The van der Waals surface area contributed by atoms with Gasteiger partial charge in [0.25, 0.3) is 11.8 Å². The second-order valence-electron chi connectivity index (χ2n) is 9.09. The Labute approximate surface area is 222 Å². The maximum absolute atomic E-state index is 12.7. The SMILES string of the molecule is COc1ccc(-c2ncc(-c3ccc(Oc4ccc(N5CCCC56C(=O)NC(=O)NC6=O)cn4)cc3)o2)cc1. The largest absolute Gasteiger partial charge is 0.497 e. The number of imide groups is 2. The number of carbonyl (C=O) groups is 3. The first-order valence-corrected chi connectivity index (χ1v) is 12.3. The van der Waals surface area contributed by atoms with E-state index < -0.39 is 23.4 Å². The van der Waals surface area contributed by atoms with Crippen LogP contribution in [0.25, 0.3) is 22.8 Å². The number of rotatable bonds is 6. The summed E-state index contributed by atoms with van der Waals surface area (Å²) in [5.74, 6) is 1.53. The molecule has 6 rings (SSSR count). The van der Waals surface area contributed by atoms with Crippen molar-refractivity contribution in [3.8, 4) is 40.2 Å². The minimum Gasteiger partial charge on any atom is -0.497 e. The van der Waals surface area contributed by atoms with Gasteiger partial charge >= 0.3 is 6.03 Å². The Kier molecular flexibility index (Phi) is 5.95. The lowest BCUT2D eigenvalue weighted by molar-refractivity contribution is -0.137. The van der Waals surface area contributed by atoms with E-state index in [9.17, 15) is 14.4 Å². The molecule has 11 heteroatoms. The molecule has 2 N–H and O–H groups in total. The normalized spacial score (nSPS) is 16.2. The molecule has 0 saturated carbocycles. The molecule has 39 heavy (non-hydrogen) atoms. The van der Waals surface area contributed by atoms with Gasteiger partial charge in [-0.15, -0.1) is 0 Å². The van der Waals surface area contributed by atoms with Gasteiger partial charge in [-0.2, -0.15) is 0 Å². The van der Waals surface area contributed by atoms with E-state index in [1.807, 2.05) is 36.4 Å². The van der Waals surface area contributed by atoms with Crippen molar-refractivity contribution in [2.24, 2.45) is 0 Å². The van der Waals surface area contributed by atoms with E-state index in [4.69, 9.17) is 13.9 Å². The topological polar surface area (TPSA) is 136 Å². The first kappa shape index (κ1) is 24.2. The monoisotopic (exact) mass is 525 g/mol. The number of methoxy groups -OCH3 is 1. The van der Waals surface area contributed by atoms with Gasteiger partial charge in [-0.3, -0.25) is 20.2 Å². The zero-order valence-corrected chi connectivity index (χ0v) is 20.8. The fourth-order valence-electron chi connectivity index (χ4n) is 4.86. The van der Waals surface area contributed by atoms with Crippen LogP contribution in [0.1, 0.15) is 12.8 Å². The molecule has 2 aromatic heterocycles. The predicted octanol–water partition coefficient (Wildman–Crippen LogP) is 3.91. The van der Waals surface area contributed by atoms with Gasteiger partial charge in [0, 0.05) is 23.7 Å². The number of aromatic nitrogens is 2. The number of amides is 4. The number of pyridine rings is 1. The average Bonchev–Trinajstić information content (AvgIpc) is 3.62. The Morgan fingerprint density at radius 3 is 2.21 bits per heavy atom. The van der Waals surface area contributed by atoms with Crippen molar-refractivity contribution in [1.82, 2.24) is 20.6 Å². The van der Waals surface area contributed by atoms with Gasteiger partial charge in [0.1, 0.15) is 11.5 Å². The molecule has 1 spiro atoms. The molecule has 2 aliphatic rings. The Balaban J connectivity index is 1.14. The van der Waals surface area contributed by atoms with Crippen LogP contribution in [-0.4, -0.2) is 47.0 Å². The molecule has 2 aromatic carbocycles. The van der Waals surface area contributed by atoms with Crippen LogP contribution in [0.15, 0.2) is 77.5 Å². The molecule has 0 atom stereocenters. The van der Waals surface area contributed by atoms with E-state index >= 15 is 0 Å². The molecule has 2 fully saturated rings. The summed E-state index contributed by atoms with van der Waals surface area (Å²) in [6.45, 7) is 0.472. The fraction of sp³-hybridized carbons (Fsp3) is 0.179. The summed E-state index contributed by atoms with van der Waals surface area (Å²) >= 11 is 0. The van der Waals surface area contributed by atoms with E-state index in [1.165, 1.54) is 0 Å². The highest BCUT2D eigenvalue weighted by Crippen LogP contribution is 2.36. The highest BCUT2D eigenvalue weighted by Gasteiger charge is 2.57. The van der Waals surface area contributed by atoms with E-state index in [-0.39, 0.29) is 0 Å². The summed E-state index contributed by atoms with van der Waals surface area (Å²) in [6, 6.07) is 17.4. The quantitative estimate of drug-likeness (QED) is 0.359. The lowest BCUT2D eigenvalue weighted by Gasteiger charge is -2.38. The molecular weight excluding hydrogens is 502 g/mol. The molecular formula is C28H23N5O6. The van der Waals surface area contributed by atoms with Gasteiger partial charge < -0.3 is 18.8 Å². The van der Waals surface area contributed by atoms with Crippen LogP contribution < -0.4 is 25.0 Å². The molecule has 4 amide bonds. The number of ether oxygens (including phenoxy) is 2. The van der Waals surface area contributed by atoms with Gasteiger partial charge in [-0.25, -0.2) is 14.8 Å². The van der Waals surface area contributed by atoms with Crippen LogP contribution in [-0.2, 0) is 9.59 Å². The summed E-state index contributed by atoms with van der Waals surface area (Å²) < 4.78 is 17.0. The molecule has 4 heterocycles. The van der Waals surface area contributed by atoms with Crippen LogP contribution in [0.4, 0.5) is 10.5 Å². The summed E-state index contributed by atoms with van der Waals surface area (Å²) in [6.07, 6.45) is 4.13. The lowest BCUT2D eigenvalue weighted by atomic mass is 9.92. The Bertz CT molecular complexity index is 1530. The molecule has 0 bridgehead atoms. The number of hydrogen-bond acceptors (Lipinski definition) is 9. The van der Waals surface area contributed by atoms with Crippen molar-refractivity contribution in [2.45, 2.75) is 18.4 Å². The number of oxazole rings is 1. The van der Waals surface area contributed by atoms with Crippen molar-refractivity contribution in [1.29, 1.82) is 0 Å². The van der Waals surface area contributed by atoms with Gasteiger partial charge in [-0.1, -0.05) is 0 Å². The lowest BCUT2D eigenvalue weighted by Crippen LogP contribution is -2.71. The molecule has 0 aliphatic carbocycles. The molecule has 2 saturated heterocycles. The summed E-state index contributed by atoms with van der Waals surface area (Å²) in [5, 5.41) is 4.41. The third-order valence-corrected chi connectivity index (χ3v) is 6.82. The van der Waals surface area contributed by atoms with Gasteiger partial charge in [0.15, 0.2) is 11.3 Å². The van der Waals surface area contributed by atoms with E-state index in [1.54, 1.807) is 48.7 Å². The first-order chi connectivity index (χ1) is 19.0. The minimum absolute atomic E-state index is 0.301. The molecule has 0 radical (unpaired) electrons. The van der Waals surface area contributed by atoms with E-state index in [0.29, 0.717) is 48.4 Å². The van der Waals surface area contributed by atoms with Gasteiger partial charge in [-0.05, 0) is 67.4 Å². The third kappa shape index (κ3) is 4.33. The number of benzene rings is 2. The Morgan fingerprint density at radius 1 is 0.846 bits per heavy atom. The molecule has 196 valence electrons. The molecule has 2 aliphatic heterocycles. The smallest absolute Gasteiger partial charge is 0.328 e. The summed E-state index contributed by atoms with van der Waals surface area (Å²) in [5.41, 5.74) is 0.782. The van der Waals surface area contributed by atoms with Gasteiger partial charge in [0.2, 0.25) is 11.8 Å². The number of hydrogen-bond donors (Lipinski definition) is 2. The second kappa shape index (κ2) is 9.60. The van der Waals surface area contributed by atoms with Crippen LogP contribution in [0, 0.1) is 0 Å². The van der Waals surface area contributed by atoms with Crippen molar-refractivity contribution >= 4 is 23.5 Å². The van der Waals surface area contributed by atoms with Gasteiger partial charge in [0.05, 0.1) is 25.2 Å². The van der Waals surface area contributed by atoms with Crippen LogP contribution in [0.5, 0.6) is 17.4 Å². The summed E-state index contributed by atoms with van der Waals surface area (Å²) in [4.78, 5) is 47.3. The zero-order valence-electron chi connectivity index (χ0n) is 20.8. The minimum atomic E-state index is -1.47. The summed E-state index contributed by atoms with van der Waals surface area (Å²) in [7, 11) is 1.62. The van der Waals surface area contributed by atoms with E-state index in [0.717, 1.165) is 16.9 Å². The fourth-order valence-corrected chi connectivity index (χ4v) is 4.86. The van der Waals surface area contributed by atoms with Crippen molar-refractivity contribution < 1.29 is 28.3 Å². The standard InChI is InChI=1S/C28H23N5O6/c1-37-20-8-5-18(6-9-20)24-30-16-22(39-24)17-3-10-21(11-4-17)38-23-12-7-19(15-29-23)33-14-2-13-28(33)25(34)31-27(36)32-26(28)35/h3-12,15-16H,2,13-14H2,1H3,(H2,31,32,34,35,36). The van der Waals surface area contributed by atoms with Crippen LogP contribution in [0.3, 0.4) is 0 Å². The number of nitrogens with one attached hydrogen (secondary N) is 2. The highest BCUT2D eigenvalue weighted by atomic mass is 16.5. The number of carbonyl (C=O) groups excluding carboxylic acids is 3. The maximum atomic E-state index is 12.7. The van der Waals surface area contributed by atoms with Crippen molar-refractivity contribution in [3.05, 3.63) is 73.1 Å². The zero-order chi connectivity index (χ0) is 27.0. The molecule has 11 nitrogen and oxygen atoms in total. The van der Waals surface area contributed by atoms with Crippen LogP contribution in [0.2, 0.25) is 0 Å². The number of urea groups is 1. The second-order valence-corrected chi connectivity index (χ2v) is 9.09. The first-order valence-electron chi connectivity index (χ1n) is 12.3. The number of nitrogens with zero attached hydrogens (tertiary/aromatic N) is 3. The Morgan fingerprint density at radius 2 is 1.54 bits per heavy atom. The van der Waals surface area contributed by atoms with Crippen molar-refractivity contribution in [3.63, 3.8) is 0 Å². The highest BCUT2D eigenvalue weighted by molar-refractivity contribution is 6.24. The van der Waals surface area contributed by atoms with E-state index in [2.05, 4.69) is 20.6 Å². The third-order valence-electron chi connectivity index (χ3n) is 6.82. The van der Waals surface area contributed by atoms with Crippen LogP contribution >= 0.6 is 0 Å². The number of anilines is 1. The molecule has 4 aromatic rings. The average molecular weight is 526 g/mol. The maximum Gasteiger partial charge on any atom is 0.328 e.